The van der Waals surface area contributed by atoms with Gasteiger partial charge >= 0.3 is 0 Å². The van der Waals surface area contributed by atoms with E-state index in [0.29, 0.717) is 4.83 Å². The van der Waals surface area contributed by atoms with Crippen LogP contribution < -0.4 is 0 Å². The number of hydrogen-bond acceptors (Lipinski definition) is 0. The fourth-order valence-electron chi connectivity index (χ4n) is 0.934. The highest BCUT2D eigenvalue weighted by Crippen LogP contribution is 2.27. The minimum absolute atomic E-state index is 0.463. The Labute approximate surface area is 98.1 Å². The van der Waals surface area contributed by atoms with Crippen LogP contribution in [-0.2, 0) is 0 Å². The monoisotopic (exact) mass is 354 g/mol. The van der Waals surface area contributed by atoms with Gasteiger partial charge in [0, 0.05) is 14.6 Å². The third-order valence-corrected chi connectivity index (χ3v) is 3.57. The molecule has 0 unspecified atom stereocenters. The van der Waals surface area contributed by atoms with Crippen molar-refractivity contribution in [2.75, 3.05) is 5.33 Å². The highest BCUT2D eigenvalue weighted by molar-refractivity contribution is 9.10. The van der Waals surface area contributed by atoms with E-state index in [9.17, 15) is 0 Å². The summed E-state index contributed by atoms with van der Waals surface area (Å²) in [6.07, 6.45) is 1.11. The average molecular weight is 357 g/mol. The molecule has 1 rings (SSSR count). The summed E-state index contributed by atoms with van der Waals surface area (Å²) in [5, 5.41) is 1.03. The Morgan fingerprint density at radius 1 is 1.17 bits per heavy atom. The van der Waals surface area contributed by atoms with Crippen molar-refractivity contribution in [1.82, 2.24) is 0 Å². The molecule has 0 nitrogen and oxygen atoms in total. The fraction of sp³-hybridized carbons (Fsp3) is 0.333. The third-order valence-electron chi connectivity index (χ3n) is 1.59. The molecule has 0 aliphatic heterocycles. The van der Waals surface area contributed by atoms with Crippen molar-refractivity contribution in [3.05, 3.63) is 34.3 Å². The predicted molar refractivity (Wildman–Crippen MR) is 64.2 cm³/mol. The zero-order chi connectivity index (χ0) is 8.97. The molecule has 0 aromatic heterocycles. The lowest BCUT2D eigenvalue weighted by Gasteiger charge is -2.07. The second-order valence-corrected chi connectivity index (χ2v) is 5.31. The highest BCUT2D eigenvalue weighted by Gasteiger charge is 2.04. The van der Waals surface area contributed by atoms with E-state index in [1.54, 1.807) is 0 Å². The van der Waals surface area contributed by atoms with Gasteiger partial charge in [0.15, 0.2) is 0 Å². The topological polar surface area (TPSA) is 0 Å². The summed E-state index contributed by atoms with van der Waals surface area (Å²) in [6, 6.07) is 8.40. The minimum Gasteiger partial charge on any atom is -0.0928 e. The number of rotatable bonds is 3. The Morgan fingerprint density at radius 2 is 1.75 bits per heavy atom. The summed E-state index contributed by atoms with van der Waals surface area (Å²) in [4.78, 5) is 0.463. The minimum atomic E-state index is 0.463. The van der Waals surface area contributed by atoms with E-state index >= 15 is 0 Å². The molecule has 1 atom stereocenters. The largest absolute Gasteiger partial charge is 0.0928 e. The smallest absolute Gasteiger partial charge is 0.0403 e. The van der Waals surface area contributed by atoms with Gasteiger partial charge in [0.1, 0.15) is 0 Å². The molecule has 0 N–H and O–H groups in total. The summed E-state index contributed by atoms with van der Waals surface area (Å²) in [5.41, 5.74) is 1.33. The normalized spacial score (nSPS) is 12.9. The van der Waals surface area contributed by atoms with Gasteiger partial charge in [0.05, 0.1) is 0 Å². The van der Waals surface area contributed by atoms with Crippen molar-refractivity contribution in [2.45, 2.75) is 11.2 Å². The molecular formula is C9H9Br3. The van der Waals surface area contributed by atoms with Crippen molar-refractivity contribution < 1.29 is 0 Å². The number of benzene rings is 1. The van der Waals surface area contributed by atoms with Gasteiger partial charge in [-0.25, -0.2) is 0 Å². The van der Waals surface area contributed by atoms with Crippen LogP contribution in [0.25, 0.3) is 0 Å². The molecule has 1 aromatic carbocycles. The van der Waals surface area contributed by atoms with E-state index < -0.39 is 0 Å². The van der Waals surface area contributed by atoms with E-state index in [0.717, 1.165) is 16.2 Å². The number of hydrogen-bond donors (Lipinski definition) is 0. The average Bonchev–Trinajstić information content (AvgIpc) is 2.06. The molecule has 0 amide bonds. The van der Waals surface area contributed by atoms with Gasteiger partial charge in [0.2, 0.25) is 0 Å². The molecule has 0 saturated carbocycles. The lowest BCUT2D eigenvalue weighted by molar-refractivity contribution is 0.928. The molecule has 0 aliphatic rings. The Balaban J connectivity index is 2.68. The molecule has 0 heterocycles. The molecular weight excluding hydrogens is 348 g/mol. The number of halogens is 3. The van der Waals surface area contributed by atoms with Gasteiger partial charge in [-0.1, -0.05) is 59.9 Å². The van der Waals surface area contributed by atoms with Crippen molar-refractivity contribution in [3.8, 4) is 0 Å². The van der Waals surface area contributed by atoms with Gasteiger partial charge < -0.3 is 0 Å². The summed E-state index contributed by atoms with van der Waals surface area (Å²) >= 11 is 10.5. The van der Waals surface area contributed by atoms with Gasteiger partial charge in [-0.15, -0.1) is 0 Å². The molecule has 3 heteroatoms. The highest BCUT2D eigenvalue weighted by atomic mass is 79.9. The first-order valence-corrected chi connectivity index (χ1v) is 6.52. The maximum absolute atomic E-state index is 3.63. The van der Waals surface area contributed by atoms with Crippen molar-refractivity contribution in [1.29, 1.82) is 0 Å². The summed E-state index contributed by atoms with van der Waals surface area (Å²) in [6.45, 7) is 0. The van der Waals surface area contributed by atoms with Crippen molar-refractivity contribution >= 4 is 47.8 Å². The quantitative estimate of drug-likeness (QED) is 0.690. The van der Waals surface area contributed by atoms with Crippen LogP contribution in [0.2, 0.25) is 0 Å². The second-order valence-electron chi connectivity index (χ2n) is 2.50. The summed E-state index contributed by atoms with van der Waals surface area (Å²) < 4.78 is 1.13. The van der Waals surface area contributed by atoms with Crippen molar-refractivity contribution in [2.24, 2.45) is 0 Å². The van der Waals surface area contributed by atoms with E-state index in [1.807, 2.05) is 0 Å². The van der Waals surface area contributed by atoms with Crippen LogP contribution in [0, 0.1) is 0 Å². The molecule has 1 aromatic rings. The Kier molecular flexibility index (Phi) is 4.84. The standard InChI is InChI=1S/C9H9Br3/c10-6-5-9(12)7-1-3-8(11)4-2-7/h1-4,9H,5-6H2/t9-/m1/s1. The van der Waals surface area contributed by atoms with Crippen LogP contribution in [0.5, 0.6) is 0 Å². The van der Waals surface area contributed by atoms with Crippen LogP contribution in [0.4, 0.5) is 0 Å². The van der Waals surface area contributed by atoms with Gasteiger partial charge in [0.25, 0.3) is 0 Å². The Bertz CT molecular complexity index is 230. The molecule has 66 valence electrons. The van der Waals surface area contributed by atoms with Crippen molar-refractivity contribution in [3.63, 3.8) is 0 Å². The van der Waals surface area contributed by atoms with E-state index in [-0.39, 0.29) is 0 Å². The Hall–Kier alpha value is 0.660. The van der Waals surface area contributed by atoms with Crippen LogP contribution >= 0.6 is 47.8 Å². The first-order valence-electron chi connectivity index (χ1n) is 3.69. The first-order chi connectivity index (χ1) is 5.74. The maximum Gasteiger partial charge on any atom is 0.0403 e. The SMILES string of the molecule is BrCC[C@@H](Br)c1ccc(Br)cc1. The molecule has 0 saturated heterocycles. The second kappa shape index (κ2) is 5.40. The fourth-order valence-corrected chi connectivity index (χ4v) is 2.80. The lowest BCUT2D eigenvalue weighted by Crippen LogP contribution is -1.89. The van der Waals surface area contributed by atoms with E-state index in [1.165, 1.54) is 5.56 Å². The van der Waals surface area contributed by atoms with E-state index in [4.69, 9.17) is 0 Å². The Morgan fingerprint density at radius 3 is 2.25 bits per heavy atom. The molecule has 0 spiro atoms. The predicted octanol–water partition coefficient (Wildman–Crippen LogP) is 4.67. The molecule has 12 heavy (non-hydrogen) atoms. The summed E-state index contributed by atoms with van der Waals surface area (Å²) in [5.74, 6) is 0. The molecule has 0 aliphatic carbocycles. The zero-order valence-corrected chi connectivity index (χ0v) is 11.2. The van der Waals surface area contributed by atoms with Crippen LogP contribution in [-0.4, -0.2) is 5.33 Å². The number of alkyl halides is 2. The third kappa shape index (κ3) is 3.19. The first kappa shape index (κ1) is 10.7. The molecule has 0 fully saturated rings. The summed E-state index contributed by atoms with van der Waals surface area (Å²) in [7, 11) is 0. The molecule has 0 radical (unpaired) electrons. The van der Waals surface area contributed by atoms with Gasteiger partial charge in [-0.3, -0.25) is 0 Å². The van der Waals surface area contributed by atoms with Crippen LogP contribution in [0.1, 0.15) is 16.8 Å². The van der Waals surface area contributed by atoms with Gasteiger partial charge in [-0.05, 0) is 24.1 Å². The van der Waals surface area contributed by atoms with Gasteiger partial charge in [-0.2, -0.15) is 0 Å². The van der Waals surface area contributed by atoms with Crippen LogP contribution in [0.3, 0.4) is 0 Å². The molecule has 0 bridgehead atoms. The lowest BCUT2D eigenvalue weighted by atomic mass is 10.1. The zero-order valence-electron chi connectivity index (χ0n) is 6.43. The maximum atomic E-state index is 3.63. The van der Waals surface area contributed by atoms with E-state index in [2.05, 4.69) is 72.1 Å². The van der Waals surface area contributed by atoms with Crippen LogP contribution in [0.15, 0.2) is 28.7 Å².